The van der Waals surface area contributed by atoms with E-state index in [0.29, 0.717) is 18.8 Å². The van der Waals surface area contributed by atoms with Gasteiger partial charge >= 0.3 is 0 Å². The molecule has 2 aromatic carbocycles. The average molecular weight is 447 g/mol. The highest BCUT2D eigenvalue weighted by molar-refractivity contribution is 7.92. The summed E-state index contributed by atoms with van der Waals surface area (Å²) in [5.74, 6) is 0.557. The van der Waals surface area contributed by atoms with E-state index < -0.39 is 16.1 Å². The Balaban J connectivity index is 2.00. The average Bonchev–Trinajstić information content (AvgIpc) is 2.71. The fraction of sp³-hybridized carbons (Fsp3) is 0.458. The van der Waals surface area contributed by atoms with E-state index in [1.54, 1.807) is 19.1 Å². The number of hydrogen-bond donors (Lipinski definition) is 1. The van der Waals surface area contributed by atoms with Gasteiger partial charge in [-0.25, -0.2) is 8.42 Å². The number of anilines is 1. The molecule has 0 heterocycles. The second kappa shape index (κ2) is 11.2. The number of ether oxygens (including phenoxy) is 1. The third-order valence-corrected chi connectivity index (χ3v) is 6.43. The summed E-state index contributed by atoms with van der Waals surface area (Å²) in [6, 6.07) is 12.5. The Kier molecular flexibility index (Phi) is 8.92. The fourth-order valence-electron chi connectivity index (χ4n) is 3.37. The van der Waals surface area contributed by atoms with E-state index in [1.165, 1.54) is 4.31 Å². The van der Waals surface area contributed by atoms with Crippen molar-refractivity contribution in [1.82, 2.24) is 5.32 Å². The molecule has 170 valence electrons. The van der Waals surface area contributed by atoms with Crippen LogP contribution in [0.4, 0.5) is 5.69 Å². The van der Waals surface area contributed by atoms with Crippen molar-refractivity contribution in [3.05, 3.63) is 59.2 Å². The maximum atomic E-state index is 12.7. The van der Waals surface area contributed by atoms with E-state index in [-0.39, 0.29) is 5.91 Å². The lowest BCUT2D eigenvalue weighted by molar-refractivity contribution is -0.121. The number of rotatable bonds is 11. The number of nitrogens with one attached hydrogen (secondary N) is 1. The summed E-state index contributed by atoms with van der Waals surface area (Å²) < 4.78 is 31.9. The first-order chi connectivity index (χ1) is 14.6. The Bertz CT molecular complexity index is 989. The van der Waals surface area contributed by atoms with Crippen LogP contribution in [0.5, 0.6) is 5.75 Å². The molecule has 2 rings (SSSR count). The minimum absolute atomic E-state index is 0.320. The number of sulfonamides is 1. The van der Waals surface area contributed by atoms with Crippen LogP contribution in [0.1, 0.15) is 43.4 Å². The van der Waals surface area contributed by atoms with Crippen molar-refractivity contribution in [2.75, 3.05) is 23.7 Å². The van der Waals surface area contributed by atoms with Gasteiger partial charge in [-0.2, -0.15) is 0 Å². The van der Waals surface area contributed by atoms with Gasteiger partial charge in [-0.15, -0.1) is 0 Å². The molecule has 0 spiro atoms. The monoisotopic (exact) mass is 446 g/mol. The molecular formula is C24H34N2O4S. The Morgan fingerprint density at radius 2 is 1.84 bits per heavy atom. The number of hydrogen-bond acceptors (Lipinski definition) is 4. The van der Waals surface area contributed by atoms with Crippen LogP contribution in [0.2, 0.25) is 0 Å². The summed E-state index contributed by atoms with van der Waals surface area (Å²) in [4.78, 5) is 12.7. The summed E-state index contributed by atoms with van der Waals surface area (Å²) in [6.45, 7) is 8.69. The largest absolute Gasteiger partial charge is 0.493 e. The number of amides is 1. The molecule has 0 saturated carbocycles. The van der Waals surface area contributed by atoms with Gasteiger partial charge in [0.1, 0.15) is 11.8 Å². The van der Waals surface area contributed by atoms with Crippen molar-refractivity contribution < 1.29 is 17.9 Å². The predicted molar refractivity (Wildman–Crippen MR) is 126 cm³/mol. The Hall–Kier alpha value is -2.54. The van der Waals surface area contributed by atoms with Gasteiger partial charge in [0, 0.05) is 6.54 Å². The molecule has 1 unspecified atom stereocenters. The number of carbonyl (C=O) groups is 1. The summed E-state index contributed by atoms with van der Waals surface area (Å²) in [5, 5.41) is 2.88. The molecule has 6 nitrogen and oxygen atoms in total. The summed E-state index contributed by atoms with van der Waals surface area (Å²) >= 11 is 0. The highest BCUT2D eigenvalue weighted by Crippen LogP contribution is 2.24. The first-order valence-corrected chi connectivity index (χ1v) is 12.5. The molecule has 0 fully saturated rings. The zero-order valence-corrected chi connectivity index (χ0v) is 20.0. The maximum absolute atomic E-state index is 12.7. The minimum atomic E-state index is -3.62. The molecule has 2 aromatic rings. The number of carbonyl (C=O) groups excluding carboxylic acids is 1. The number of nitrogens with zero attached hydrogens (tertiary/aromatic N) is 1. The third kappa shape index (κ3) is 6.99. The van der Waals surface area contributed by atoms with E-state index in [1.807, 2.05) is 44.2 Å². The molecule has 0 aliphatic heterocycles. The van der Waals surface area contributed by atoms with Crippen molar-refractivity contribution in [3.63, 3.8) is 0 Å². The molecule has 31 heavy (non-hydrogen) atoms. The van der Waals surface area contributed by atoms with Gasteiger partial charge in [0.25, 0.3) is 0 Å². The molecule has 0 aliphatic carbocycles. The smallest absolute Gasteiger partial charge is 0.243 e. The van der Waals surface area contributed by atoms with E-state index >= 15 is 0 Å². The molecule has 0 bridgehead atoms. The SMILES string of the molecule is CCCOc1ccccc1CCCNC(=O)C(C)N(c1ccc(C)c(C)c1)S(C)(=O)=O. The van der Waals surface area contributed by atoms with Gasteiger partial charge in [0.15, 0.2) is 0 Å². The van der Waals surface area contributed by atoms with Gasteiger partial charge in [-0.3, -0.25) is 9.10 Å². The summed E-state index contributed by atoms with van der Waals surface area (Å²) in [7, 11) is -3.62. The molecule has 0 radical (unpaired) electrons. The van der Waals surface area contributed by atoms with Crippen molar-refractivity contribution in [2.45, 2.75) is 53.0 Å². The quantitative estimate of drug-likeness (QED) is 0.530. The maximum Gasteiger partial charge on any atom is 0.243 e. The number of aryl methyl sites for hydroxylation is 3. The van der Waals surface area contributed by atoms with E-state index in [4.69, 9.17) is 4.74 Å². The lowest BCUT2D eigenvalue weighted by atomic mass is 10.1. The summed E-state index contributed by atoms with van der Waals surface area (Å²) in [6.07, 6.45) is 3.56. The number of para-hydroxylation sites is 1. The molecule has 0 aliphatic rings. The molecule has 7 heteroatoms. The first kappa shape index (κ1) is 24.7. The molecular weight excluding hydrogens is 412 g/mol. The van der Waals surface area contributed by atoms with Gasteiger partial charge in [0.05, 0.1) is 18.6 Å². The molecule has 1 atom stereocenters. The second-order valence-electron chi connectivity index (χ2n) is 7.85. The Morgan fingerprint density at radius 1 is 1.13 bits per heavy atom. The highest BCUT2D eigenvalue weighted by Gasteiger charge is 2.29. The molecule has 1 N–H and O–H groups in total. The lowest BCUT2D eigenvalue weighted by Crippen LogP contribution is -2.48. The highest BCUT2D eigenvalue weighted by atomic mass is 32.2. The van der Waals surface area contributed by atoms with Crippen molar-refractivity contribution in [1.29, 1.82) is 0 Å². The summed E-state index contributed by atoms with van der Waals surface area (Å²) in [5.41, 5.74) is 3.64. The van der Waals surface area contributed by atoms with Crippen molar-refractivity contribution >= 4 is 21.6 Å². The zero-order valence-electron chi connectivity index (χ0n) is 19.1. The van der Waals surface area contributed by atoms with Gasteiger partial charge < -0.3 is 10.1 Å². The van der Waals surface area contributed by atoms with Crippen molar-refractivity contribution in [2.24, 2.45) is 0 Å². The zero-order chi connectivity index (χ0) is 23.0. The minimum Gasteiger partial charge on any atom is -0.493 e. The Morgan fingerprint density at radius 3 is 2.48 bits per heavy atom. The van der Waals surface area contributed by atoms with Gasteiger partial charge in [-0.1, -0.05) is 31.2 Å². The topological polar surface area (TPSA) is 75.7 Å². The Labute approximate surface area is 186 Å². The van der Waals surface area contributed by atoms with Crippen LogP contribution in [0.3, 0.4) is 0 Å². The van der Waals surface area contributed by atoms with E-state index in [9.17, 15) is 13.2 Å². The van der Waals surface area contributed by atoms with E-state index in [2.05, 4.69) is 12.2 Å². The predicted octanol–water partition coefficient (Wildman–Crippen LogP) is 4.00. The molecule has 1 amide bonds. The van der Waals surface area contributed by atoms with Crippen LogP contribution in [0.15, 0.2) is 42.5 Å². The van der Waals surface area contributed by atoms with Gasteiger partial charge in [0.2, 0.25) is 15.9 Å². The van der Waals surface area contributed by atoms with Gasteiger partial charge in [-0.05, 0) is 74.9 Å². The van der Waals surface area contributed by atoms with Crippen LogP contribution in [0, 0.1) is 13.8 Å². The molecule has 0 aromatic heterocycles. The van der Waals surface area contributed by atoms with E-state index in [0.717, 1.165) is 48.0 Å². The lowest BCUT2D eigenvalue weighted by Gasteiger charge is -2.28. The van der Waals surface area contributed by atoms with Crippen molar-refractivity contribution in [3.8, 4) is 5.75 Å². The third-order valence-electron chi connectivity index (χ3n) is 5.19. The van der Waals surface area contributed by atoms with Crippen LogP contribution >= 0.6 is 0 Å². The standard InChI is InChI=1S/C24H34N2O4S/c1-6-16-30-23-12-8-7-10-21(23)11-9-15-25-24(27)20(4)26(31(5,28)29)22-14-13-18(2)19(3)17-22/h7-8,10,12-14,17,20H,6,9,11,15-16H2,1-5H3,(H,25,27). The van der Waals surface area contributed by atoms with Crippen LogP contribution in [-0.4, -0.2) is 39.8 Å². The number of benzene rings is 2. The fourth-order valence-corrected chi connectivity index (χ4v) is 4.54. The normalized spacial score (nSPS) is 12.3. The molecule has 0 saturated heterocycles. The van der Waals surface area contributed by atoms with Crippen LogP contribution in [-0.2, 0) is 21.2 Å². The van der Waals surface area contributed by atoms with Crippen LogP contribution < -0.4 is 14.4 Å². The van der Waals surface area contributed by atoms with Crippen LogP contribution in [0.25, 0.3) is 0 Å². The second-order valence-corrected chi connectivity index (χ2v) is 9.71. The first-order valence-electron chi connectivity index (χ1n) is 10.7.